The first kappa shape index (κ1) is 38.4. The molecule has 2 N–H and O–H groups in total. The van der Waals surface area contributed by atoms with Gasteiger partial charge in [-0.05, 0) is 104 Å². The van der Waals surface area contributed by atoms with Crippen molar-refractivity contribution < 1.29 is 19.7 Å². The lowest BCUT2D eigenvalue weighted by molar-refractivity contribution is -0.219. The van der Waals surface area contributed by atoms with Gasteiger partial charge in [0.15, 0.2) is 0 Å². The van der Waals surface area contributed by atoms with E-state index < -0.39 is 11.5 Å². The molecule has 0 bridgehead atoms. The SMILES string of the molecule is CCCCCCCCCCCCCC(=O)OC1CCC2(C)C(CCC3(C)C2CCC2=C4CC(C)(C)CCC4(CO)C(O)CC23C)C1(C)C. The zero-order chi connectivity index (χ0) is 35.0. The van der Waals surface area contributed by atoms with E-state index in [0.717, 1.165) is 70.6 Å². The molecule has 0 aliphatic heterocycles. The minimum Gasteiger partial charge on any atom is -0.462 e. The molecule has 0 radical (unpaired) electrons. The Hall–Kier alpha value is -0.870. The molecule has 5 aliphatic rings. The molecule has 4 nitrogen and oxygen atoms in total. The van der Waals surface area contributed by atoms with Crippen LogP contribution in [0.2, 0.25) is 0 Å². The number of esters is 1. The Labute approximate surface area is 296 Å². The van der Waals surface area contributed by atoms with Crippen molar-refractivity contribution in [3.8, 4) is 0 Å². The van der Waals surface area contributed by atoms with E-state index >= 15 is 0 Å². The second kappa shape index (κ2) is 14.6. The third kappa shape index (κ3) is 6.75. The molecule has 0 amide bonds. The number of hydrogen-bond acceptors (Lipinski definition) is 4. The van der Waals surface area contributed by atoms with Crippen LogP contribution in [0.15, 0.2) is 11.1 Å². The molecule has 5 rings (SSSR count). The number of carbonyl (C=O) groups is 1. The number of carbonyl (C=O) groups excluding carboxylic acids is 1. The molecule has 0 aromatic rings. The summed E-state index contributed by atoms with van der Waals surface area (Å²) >= 11 is 0. The molecule has 0 aromatic carbocycles. The van der Waals surface area contributed by atoms with Crippen molar-refractivity contribution in [2.45, 2.75) is 209 Å². The predicted molar refractivity (Wildman–Crippen MR) is 199 cm³/mol. The fourth-order valence-corrected chi connectivity index (χ4v) is 13.0. The van der Waals surface area contributed by atoms with Gasteiger partial charge in [0.05, 0.1) is 12.7 Å². The Morgan fingerprint density at radius 1 is 0.750 bits per heavy atom. The van der Waals surface area contributed by atoms with Crippen molar-refractivity contribution in [3.63, 3.8) is 0 Å². The molecule has 4 heteroatoms. The topological polar surface area (TPSA) is 66.8 Å². The normalized spacial score (nSPS) is 40.0. The van der Waals surface area contributed by atoms with Gasteiger partial charge in [-0.15, -0.1) is 0 Å². The van der Waals surface area contributed by atoms with Gasteiger partial charge >= 0.3 is 5.97 Å². The highest BCUT2D eigenvalue weighted by molar-refractivity contribution is 5.69. The molecule has 0 spiro atoms. The Morgan fingerprint density at radius 2 is 1.38 bits per heavy atom. The monoisotopic (exact) mass is 669 g/mol. The number of aliphatic hydroxyl groups excluding tert-OH is 2. The lowest BCUT2D eigenvalue weighted by atomic mass is 9.34. The van der Waals surface area contributed by atoms with Gasteiger partial charge in [-0.1, -0.05) is 131 Å². The van der Waals surface area contributed by atoms with Crippen LogP contribution in [0.25, 0.3) is 0 Å². The number of allylic oxidation sites excluding steroid dienone is 1. The molecule has 4 fully saturated rings. The van der Waals surface area contributed by atoms with Gasteiger partial charge in [-0.2, -0.15) is 0 Å². The molecular weight excluding hydrogens is 592 g/mol. The average Bonchev–Trinajstić information content (AvgIpc) is 3.01. The molecule has 4 saturated carbocycles. The third-order valence-electron chi connectivity index (χ3n) is 16.2. The van der Waals surface area contributed by atoms with Gasteiger partial charge in [-0.25, -0.2) is 0 Å². The fraction of sp³-hybridized carbons (Fsp3) is 0.932. The van der Waals surface area contributed by atoms with Gasteiger partial charge in [0.25, 0.3) is 0 Å². The first-order valence-electron chi connectivity index (χ1n) is 20.8. The Morgan fingerprint density at radius 3 is 2.00 bits per heavy atom. The second-order valence-electron chi connectivity index (χ2n) is 19.9. The third-order valence-corrected chi connectivity index (χ3v) is 16.2. The molecule has 0 saturated heterocycles. The summed E-state index contributed by atoms with van der Waals surface area (Å²) in [6.07, 6.45) is 24.8. The summed E-state index contributed by atoms with van der Waals surface area (Å²) in [7, 11) is 0. The summed E-state index contributed by atoms with van der Waals surface area (Å²) in [5.74, 6) is 1.12. The lowest BCUT2D eigenvalue weighted by Crippen LogP contribution is -2.65. The zero-order valence-electron chi connectivity index (χ0n) is 32.8. The van der Waals surface area contributed by atoms with Gasteiger partial charge in [0.2, 0.25) is 0 Å². The van der Waals surface area contributed by atoms with Crippen molar-refractivity contribution >= 4 is 5.97 Å². The highest BCUT2D eigenvalue weighted by atomic mass is 16.5. The van der Waals surface area contributed by atoms with Gasteiger partial charge in [-0.3, -0.25) is 4.79 Å². The van der Waals surface area contributed by atoms with Gasteiger partial charge in [0, 0.05) is 17.3 Å². The van der Waals surface area contributed by atoms with Crippen LogP contribution in [0.4, 0.5) is 0 Å². The Kier molecular flexibility index (Phi) is 11.7. The number of fused-ring (bicyclic) bond motifs is 6. The maximum Gasteiger partial charge on any atom is 0.306 e. The van der Waals surface area contributed by atoms with E-state index in [1.807, 2.05) is 0 Å². The number of ether oxygens (including phenoxy) is 1. The van der Waals surface area contributed by atoms with Crippen molar-refractivity contribution in [1.29, 1.82) is 0 Å². The van der Waals surface area contributed by atoms with Crippen molar-refractivity contribution in [2.75, 3.05) is 6.61 Å². The molecule has 0 heterocycles. The van der Waals surface area contributed by atoms with E-state index in [4.69, 9.17) is 4.74 Å². The first-order valence-corrected chi connectivity index (χ1v) is 20.8. The fourth-order valence-electron chi connectivity index (χ4n) is 13.0. The van der Waals surface area contributed by atoms with Crippen molar-refractivity contribution in [1.82, 2.24) is 0 Å². The minimum atomic E-state index is -0.477. The summed E-state index contributed by atoms with van der Waals surface area (Å²) in [4.78, 5) is 13.2. The molecular formula is C44H76O4. The van der Waals surface area contributed by atoms with Crippen LogP contribution in [0.5, 0.6) is 0 Å². The van der Waals surface area contributed by atoms with E-state index in [2.05, 4.69) is 55.4 Å². The molecule has 5 aliphatic carbocycles. The second-order valence-corrected chi connectivity index (χ2v) is 19.9. The zero-order valence-corrected chi connectivity index (χ0v) is 32.8. The van der Waals surface area contributed by atoms with E-state index in [1.54, 1.807) is 5.57 Å². The summed E-state index contributed by atoms with van der Waals surface area (Å²) < 4.78 is 6.37. The number of unbranched alkanes of at least 4 members (excludes halogenated alkanes) is 10. The van der Waals surface area contributed by atoms with Crippen LogP contribution in [-0.4, -0.2) is 35.0 Å². The average molecular weight is 669 g/mol. The van der Waals surface area contributed by atoms with Crippen molar-refractivity contribution in [2.24, 2.45) is 44.3 Å². The number of aliphatic hydroxyl groups is 2. The molecule has 8 atom stereocenters. The van der Waals surface area contributed by atoms with E-state index in [-0.39, 0.29) is 45.8 Å². The minimum absolute atomic E-state index is 0.00291. The van der Waals surface area contributed by atoms with Crippen LogP contribution < -0.4 is 0 Å². The summed E-state index contributed by atoms with van der Waals surface area (Å²) in [5, 5.41) is 22.8. The smallest absolute Gasteiger partial charge is 0.306 e. The predicted octanol–water partition coefficient (Wildman–Crippen LogP) is 11.5. The van der Waals surface area contributed by atoms with E-state index in [9.17, 15) is 15.0 Å². The molecule has 8 unspecified atom stereocenters. The van der Waals surface area contributed by atoms with Crippen LogP contribution in [-0.2, 0) is 9.53 Å². The summed E-state index contributed by atoms with van der Waals surface area (Å²) in [6.45, 7) is 19.6. The van der Waals surface area contributed by atoms with E-state index in [0.29, 0.717) is 18.3 Å². The van der Waals surface area contributed by atoms with Gasteiger partial charge in [0.1, 0.15) is 6.10 Å². The van der Waals surface area contributed by atoms with Crippen LogP contribution in [0.1, 0.15) is 197 Å². The maximum atomic E-state index is 13.2. The van der Waals surface area contributed by atoms with Crippen LogP contribution >= 0.6 is 0 Å². The highest BCUT2D eigenvalue weighted by Crippen LogP contribution is 2.75. The summed E-state index contributed by atoms with van der Waals surface area (Å²) in [6, 6.07) is 0. The standard InChI is InChI=1S/C44H76O4/c1-9-10-11-12-13-14-15-16-17-18-19-20-38(47)48-37-24-25-41(6)34(40(37,4)5)23-26-42(7)35(41)22-21-32-33-29-39(2,3)27-28-44(33,31-45)36(46)30-43(32,42)8/h34-37,45-46H,9-31H2,1-8H3. The maximum absolute atomic E-state index is 13.2. The molecule has 48 heavy (non-hydrogen) atoms. The summed E-state index contributed by atoms with van der Waals surface area (Å²) in [5.41, 5.74) is 3.02. The molecule has 0 aromatic heterocycles. The number of hydrogen-bond donors (Lipinski definition) is 2. The molecule has 276 valence electrons. The Bertz CT molecular complexity index is 1150. The first-order chi connectivity index (χ1) is 22.6. The van der Waals surface area contributed by atoms with Gasteiger partial charge < -0.3 is 14.9 Å². The highest BCUT2D eigenvalue weighted by Gasteiger charge is 2.69. The van der Waals surface area contributed by atoms with Crippen LogP contribution in [0.3, 0.4) is 0 Å². The number of rotatable bonds is 14. The van der Waals surface area contributed by atoms with E-state index in [1.165, 1.54) is 69.8 Å². The van der Waals surface area contributed by atoms with Crippen molar-refractivity contribution in [3.05, 3.63) is 11.1 Å². The van der Waals surface area contributed by atoms with Crippen LogP contribution in [0, 0.1) is 44.3 Å². The largest absolute Gasteiger partial charge is 0.462 e. The lowest BCUT2D eigenvalue weighted by Gasteiger charge is -2.71. The quantitative estimate of drug-likeness (QED) is 0.110. The Balaban J connectivity index is 1.21.